The molecule has 10 aromatic rings. The van der Waals surface area contributed by atoms with Crippen molar-refractivity contribution in [3.8, 4) is 11.3 Å². The first-order valence-corrected chi connectivity index (χ1v) is 17.5. The molecule has 0 radical (unpaired) electrons. The number of H-pyrrole nitrogens is 2. The lowest BCUT2D eigenvalue weighted by molar-refractivity contribution is 0.0984. The molecule has 0 aliphatic carbocycles. The van der Waals surface area contributed by atoms with Gasteiger partial charge in [-0.1, -0.05) is 78.9 Å². The number of carbonyl (C=O) groups is 2. The number of ketones is 1. The standard InChI is InChI=1S/C23H18N8O2.C15H8N8O3/c1-14(32)16-9-7-15(8-10-16)11-19-21(27-23-22(26-19)30-33-31-23)29-25-13-18-12-24-28-20(18)17-5-3-2-4-6-17;16-13-12(21-26-22-13)15(24)20-19-10-7-4-2-1-3-6(7)9-11(10)18-14-8(17-9)5-25-23-14/h2-10,12-13H,11H2,1H3,(H,24,28)(H,27,29,31);1-5H,(H2,16,22)(H,18,23)/b25-13+;. The third-order valence-electron chi connectivity index (χ3n) is 8.89. The van der Waals surface area contributed by atoms with Crippen LogP contribution >= 0.6 is 0 Å². The molecule has 288 valence electrons. The van der Waals surface area contributed by atoms with Crippen molar-refractivity contribution in [2.75, 3.05) is 11.2 Å². The van der Waals surface area contributed by atoms with Crippen molar-refractivity contribution >= 4 is 79.5 Å². The second-order valence-electron chi connectivity index (χ2n) is 12.7. The summed E-state index contributed by atoms with van der Waals surface area (Å²) in [5.41, 5.74) is 16.3. The van der Waals surface area contributed by atoms with E-state index in [4.69, 9.17) is 14.9 Å². The van der Waals surface area contributed by atoms with Gasteiger partial charge in [0.2, 0.25) is 22.8 Å². The minimum Gasteiger partial charge on any atom is -0.386 e. The van der Waals surface area contributed by atoms with Crippen LogP contribution in [0.15, 0.2) is 120 Å². The summed E-state index contributed by atoms with van der Waals surface area (Å²) >= 11 is 0. The number of Topliss-reactive ketones (excluding diaryl/α,β-unsaturated/α-hetero) is 1. The number of hydrogen-bond acceptors (Lipinski definition) is 18. The number of amides is 1. The highest BCUT2D eigenvalue weighted by molar-refractivity contribution is 6.19. The molecule has 21 heteroatoms. The molecule has 4 aromatic carbocycles. The number of fused-ring (bicyclic) bond motifs is 5. The van der Waals surface area contributed by atoms with E-state index >= 15 is 0 Å². The van der Waals surface area contributed by atoms with Gasteiger partial charge in [0.15, 0.2) is 17.2 Å². The number of nitrogens with two attached hydrogens (primary N) is 1. The van der Waals surface area contributed by atoms with Crippen molar-refractivity contribution in [2.24, 2.45) is 15.3 Å². The van der Waals surface area contributed by atoms with E-state index in [9.17, 15) is 9.59 Å². The molecule has 10 rings (SSSR count). The number of nitrogens with zero attached hydrogens (tertiary/aromatic N) is 12. The molecule has 1 amide bonds. The van der Waals surface area contributed by atoms with Gasteiger partial charge in [0.1, 0.15) is 23.0 Å². The largest absolute Gasteiger partial charge is 0.386 e. The summed E-state index contributed by atoms with van der Waals surface area (Å²) in [6.45, 7) is 1.54. The molecule has 5 N–H and O–H groups in total. The quantitative estimate of drug-likeness (QED) is 0.0533. The normalized spacial score (nSPS) is 11.6. The van der Waals surface area contributed by atoms with Crippen molar-refractivity contribution in [3.63, 3.8) is 0 Å². The number of hydrogen-bond donors (Lipinski definition) is 4. The number of benzene rings is 3. The van der Waals surface area contributed by atoms with Gasteiger partial charge in [-0.2, -0.15) is 10.2 Å². The number of hydrazone groups is 1. The Bertz CT molecular complexity index is 3200. The predicted octanol–water partition coefficient (Wildman–Crippen LogP) is 6.39. The van der Waals surface area contributed by atoms with E-state index in [1.54, 1.807) is 24.5 Å². The van der Waals surface area contributed by atoms with Crippen LogP contribution in [-0.4, -0.2) is 73.8 Å². The monoisotopic (exact) mass is 786 g/mol. The third kappa shape index (κ3) is 7.19. The molecular formula is C38H26N16O5. The van der Waals surface area contributed by atoms with Crippen LogP contribution in [0.4, 0.5) is 17.3 Å². The second-order valence-corrected chi connectivity index (χ2v) is 12.7. The first-order valence-electron chi connectivity index (χ1n) is 17.5. The molecule has 0 atom stereocenters. The van der Waals surface area contributed by atoms with Crippen LogP contribution < -0.4 is 11.2 Å². The van der Waals surface area contributed by atoms with Crippen molar-refractivity contribution in [2.45, 2.75) is 13.3 Å². The van der Waals surface area contributed by atoms with Crippen molar-refractivity contribution in [1.29, 1.82) is 0 Å². The molecule has 0 saturated carbocycles. The summed E-state index contributed by atoms with van der Waals surface area (Å²) in [7, 11) is 0. The Hall–Kier alpha value is -8.88. The molecule has 0 spiro atoms. The van der Waals surface area contributed by atoms with Gasteiger partial charge in [-0.3, -0.25) is 20.1 Å². The summed E-state index contributed by atoms with van der Waals surface area (Å²) in [5, 5.41) is 37.8. The summed E-state index contributed by atoms with van der Waals surface area (Å²) in [6, 6.07) is 24.7. The molecule has 0 saturated heterocycles. The minimum absolute atomic E-state index is 0.0160. The van der Waals surface area contributed by atoms with Gasteiger partial charge in [-0.05, 0) is 33.1 Å². The number of azo groups is 1. The lowest BCUT2D eigenvalue weighted by atomic mass is 10.1. The summed E-state index contributed by atoms with van der Waals surface area (Å²) in [6.07, 6.45) is 5.27. The molecule has 0 fully saturated rings. The van der Waals surface area contributed by atoms with Crippen molar-refractivity contribution in [3.05, 3.63) is 119 Å². The number of nitrogens with one attached hydrogen (secondary N) is 3. The SMILES string of the molecule is CC(=O)c1ccc(Cc2nc3nonc3nc2N/N=C/c2cn[nH]c2-c2ccccc2)cc1.Nc1nonc1C(=O)N=Nc1c2ccccc2c2nc3co[nH]c3nc12. The average Bonchev–Trinajstić information content (AvgIpc) is 4.12. The Morgan fingerprint density at radius 3 is 2.39 bits per heavy atom. The maximum absolute atomic E-state index is 12.1. The molecule has 21 nitrogen and oxygen atoms in total. The zero-order valence-electron chi connectivity index (χ0n) is 30.4. The molecule has 0 aliphatic rings. The fourth-order valence-electron chi connectivity index (χ4n) is 6.04. The van der Waals surface area contributed by atoms with E-state index in [1.807, 2.05) is 66.7 Å². The lowest BCUT2D eigenvalue weighted by Crippen LogP contribution is -2.04. The van der Waals surface area contributed by atoms with Gasteiger partial charge in [-0.15, -0.1) is 10.2 Å². The van der Waals surface area contributed by atoms with E-state index in [-0.39, 0.29) is 22.9 Å². The highest BCUT2D eigenvalue weighted by atomic mass is 16.6. The Kier molecular flexibility index (Phi) is 9.31. The molecule has 0 unspecified atom stereocenters. The zero-order chi connectivity index (χ0) is 40.3. The lowest BCUT2D eigenvalue weighted by Gasteiger charge is -2.07. The second kappa shape index (κ2) is 15.3. The summed E-state index contributed by atoms with van der Waals surface area (Å²) in [5.74, 6) is -0.483. The molecule has 0 bridgehead atoms. The van der Waals surface area contributed by atoms with Gasteiger partial charge >= 0.3 is 5.91 Å². The van der Waals surface area contributed by atoms with E-state index < -0.39 is 5.91 Å². The highest BCUT2D eigenvalue weighted by Gasteiger charge is 2.20. The maximum Gasteiger partial charge on any atom is 0.321 e. The highest BCUT2D eigenvalue weighted by Crippen LogP contribution is 2.38. The molecule has 6 aromatic heterocycles. The van der Waals surface area contributed by atoms with E-state index in [2.05, 4.69) is 81.3 Å². The van der Waals surface area contributed by atoms with Gasteiger partial charge in [0.05, 0.1) is 29.3 Å². The molecule has 6 heterocycles. The average molecular weight is 787 g/mol. The summed E-state index contributed by atoms with van der Waals surface area (Å²) in [4.78, 5) is 41.6. The zero-order valence-corrected chi connectivity index (χ0v) is 30.4. The van der Waals surface area contributed by atoms with E-state index in [0.717, 1.165) is 33.2 Å². The third-order valence-corrected chi connectivity index (χ3v) is 8.89. The number of anilines is 2. The van der Waals surface area contributed by atoms with E-state index in [0.29, 0.717) is 57.0 Å². The molecule has 59 heavy (non-hydrogen) atoms. The first kappa shape index (κ1) is 35.8. The Morgan fingerprint density at radius 1 is 0.847 bits per heavy atom. The smallest absolute Gasteiger partial charge is 0.321 e. The number of rotatable bonds is 9. The van der Waals surface area contributed by atoms with Gasteiger partial charge < -0.3 is 10.3 Å². The van der Waals surface area contributed by atoms with E-state index in [1.165, 1.54) is 13.2 Å². The topological polar surface area (TPSA) is 296 Å². The maximum atomic E-state index is 12.1. The van der Waals surface area contributed by atoms with Crippen LogP contribution in [0.2, 0.25) is 0 Å². The van der Waals surface area contributed by atoms with Gasteiger partial charge in [0, 0.05) is 33.9 Å². The Morgan fingerprint density at radius 2 is 1.61 bits per heavy atom. The van der Waals surface area contributed by atoms with Crippen LogP contribution in [0.1, 0.15) is 44.6 Å². The minimum atomic E-state index is -0.772. The summed E-state index contributed by atoms with van der Waals surface area (Å²) < 4.78 is 14.2. The van der Waals surface area contributed by atoms with Crippen molar-refractivity contribution < 1.29 is 23.4 Å². The number of aromatic amines is 2. The fraction of sp³-hybridized carbons (Fsp3) is 0.0526. The van der Waals surface area contributed by atoms with Crippen LogP contribution in [0.5, 0.6) is 0 Å². The predicted molar refractivity (Wildman–Crippen MR) is 211 cm³/mol. The van der Waals surface area contributed by atoms with Gasteiger partial charge in [0.25, 0.3) is 0 Å². The number of nitrogen functional groups attached to an aromatic ring is 1. The van der Waals surface area contributed by atoms with Crippen LogP contribution in [-0.2, 0) is 6.42 Å². The number of aromatic nitrogens is 11. The first-order chi connectivity index (χ1) is 28.9. The van der Waals surface area contributed by atoms with Crippen LogP contribution in [0.25, 0.3) is 55.5 Å². The van der Waals surface area contributed by atoms with Crippen LogP contribution in [0.3, 0.4) is 0 Å². The van der Waals surface area contributed by atoms with Crippen molar-refractivity contribution in [1.82, 2.24) is 55.9 Å². The molecular weight excluding hydrogens is 761 g/mol. The number of carbonyl (C=O) groups excluding carboxylic acids is 2. The van der Waals surface area contributed by atoms with Crippen LogP contribution in [0, 0.1) is 0 Å². The Labute approximate surface area is 328 Å². The molecule has 0 aliphatic heterocycles. The van der Waals surface area contributed by atoms with Gasteiger partial charge in [-0.25, -0.2) is 34.4 Å². The fourth-order valence-corrected chi connectivity index (χ4v) is 6.04. The Balaban J connectivity index is 0.000000156.